The van der Waals surface area contributed by atoms with Crippen LogP contribution in [-0.4, -0.2) is 17.1 Å². The Hall–Kier alpha value is -0.940. The van der Waals surface area contributed by atoms with Crippen molar-refractivity contribution in [2.75, 3.05) is 0 Å². The monoisotopic (exact) mass is 329 g/mol. The summed E-state index contributed by atoms with van der Waals surface area (Å²) >= 11 is 3.27. The molecule has 1 aliphatic carbocycles. The molecule has 0 fully saturated rings. The molecule has 2 rings (SSSR count). The van der Waals surface area contributed by atoms with Crippen LogP contribution >= 0.6 is 15.9 Å². The standard InChI is InChI=1S/C14H17BrFNO2/c1-2-3-12(14(18)19)17-11-7-5-9-8(11)4-6-10(16)13(9)15/h4,6,11-12,17H,2-3,5,7H2,1H3,(H,18,19). The lowest BCUT2D eigenvalue weighted by molar-refractivity contribution is -0.139. The van der Waals surface area contributed by atoms with Crippen molar-refractivity contribution < 1.29 is 14.3 Å². The van der Waals surface area contributed by atoms with Crippen molar-refractivity contribution in [2.45, 2.75) is 44.7 Å². The van der Waals surface area contributed by atoms with E-state index >= 15 is 0 Å². The fourth-order valence-electron chi connectivity index (χ4n) is 2.62. The van der Waals surface area contributed by atoms with Crippen molar-refractivity contribution in [3.05, 3.63) is 33.5 Å². The zero-order valence-corrected chi connectivity index (χ0v) is 12.3. The van der Waals surface area contributed by atoms with E-state index in [1.54, 1.807) is 6.07 Å². The second kappa shape index (κ2) is 6.01. The molecule has 0 spiro atoms. The number of rotatable bonds is 5. The highest BCUT2D eigenvalue weighted by atomic mass is 79.9. The molecule has 2 atom stereocenters. The van der Waals surface area contributed by atoms with Gasteiger partial charge in [0.05, 0.1) is 4.47 Å². The zero-order chi connectivity index (χ0) is 14.0. The summed E-state index contributed by atoms with van der Waals surface area (Å²) in [6, 6.07) is 2.65. The van der Waals surface area contributed by atoms with Crippen LogP contribution in [0, 0.1) is 5.82 Å². The van der Waals surface area contributed by atoms with Gasteiger partial charge < -0.3 is 5.11 Å². The molecule has 2 N–H and O–H groups in total. The first-order valence-corrected chi connectivity index (χ1v) is 7.29. The number of halogens is 2. The van der Waals surface area contributed by atoms with Crippen molar-refractivity contribution in [3.63, 3.8) is 0 Å². The van der Waals surface area contributed by atoms with E-state index in [-0.39, 0.29) is 11.9 Å². The number of benzene rings is 1. The van der Waals surface area contributed by atoms with E-state index in [0.29, 0.717) is 10.9 Å². The van der Waals surface area contributed by atoms with Gasteiger partial charge in [-0.3, -0.25) is 10.1 Å². The first-order chi connectivity index (χ1) is 9.04. The van der Waals surface area contributed by atoms with Crippen molar-refractivity contribution in [1.82, 2.24) is 5.32 Å². The average molecular weight is 330 g/mol. The number of carboxylic acids is 1. The normalized spacial score (nSPS) is 19.2. The van der Waals surface area contributed by atoms with Crippen LogP contribution in [-0.2, 0) is 11.2 Å². The van der Waals surface area contributed by atoms with E-state index in [9.17, 15) is 14.3 Å². The van der Waals surface area contributed by atoms with Gasteiger partial charge in [-0.15, -0.1) is 0 Å². The van der Waals surface area contributed by atoms with E-state index in [1.807, 2.05) is 6.92 Å². The summed E-state index contributed by atoms with van der Waals surface area (Å²) in [7, 11) is 0. The molecule has 0 amide bonds. The van der Waals surface area contributed by atoms with Crippen LogP contribution in [0.2, 0.25) is 0 Å². The summed E-state index contributed by atoms with van der Waals surface area (Å²) in [6.07, 6.45) is 2.99. The largest absolute Gasteiger partial charge is 0.480 e. The highest BCUT2D eigenvalue weighted by molar-refractivity contribution is 9.10. The topological polar surface area (TPSA) is 49.3 Å². The van der Waals surface area contributed by atoms with Crippen LogP contribution in [0.1, 0.15) is 43.4 Å². The van der Waals surface area contributed by atoms with Crippen molar-refractivity contribution in [3.8, 4) is 0 Å². The Morgan fingerprint density at radius 1 is 1.63 bits per heavy atom. The van der Waals surface area contributed by atoms with Crippen LogP contribution in [0.4, 0.5) is 4.39 Å². The molecule has 1 aliphatic rings. The number of nitrogens with one attached hydrogen (secondary N) is 1. The lowest BCUT2D eigenvalue weighted by Gasteiger charge is -2.20. The summed E-state index contributed by atoms with van der Waals surface area (Å²) in [5.74, 6) is -1.08. The molecule has 0 bridgehead atoms. The van der Waals surface area contributed by atoms with Crippen LogP contribution in [0.25, 0.3) is 0 Å². The fraction of sp³-hybridized carbons (Fsp3) is 0.500. The van der Waals surface area contributed by atoms with E-state index in [4.69, 9.17) is 0 Å². The van der Waals surface area contributed by atoms with E-state index in [2.05, 4.69) is 21.2 Å². The molecule has 1 aromatic carbocycles. The molecule has 0 aromatic heterocycles. The lowest BCUT2D eigenvalue weighted by Crippen LogP contribution is -2.38. The molecular weight excluding hydrogens is 313 g/mol. The first-order valence-electron chi connectivity index (χ1n) is 6.50. The van der Waals surface area contributed by atoms with Crippen LogP contribution in [0.3, 0.4) is 0 Å². The Balaban J connectivity index is 2.18. The quantitative estimate of drug-likeness (QED) is 0.870. The van der Waals surface area contributed by atoms with E-state index in [1.165, 1.54) is 6.07 Å². The summed E-state index contributed by atoms with van der Waals surface area (Å²) in [6.45, 7) is 1.96. The van der Waals surface area contributed by atoms with E-state index in [0.717, 1.165) is 30.4 Å². The first kappa shape index (κ1) is 14.5. The molecule has 1 aromatic rings. The van der Waals surface area contributed by atoms with Gasteiger partial charge in [-0.2, -0.15) is 0 Å². The average Bonchev–Trinajstić information content (AvgIpc) is 2.77. The molecule has 0 radical (unpaired) electrons. The molecule has 0 heterocycles. The van der Waals surface area contributed by atoms with Gasteiger partial charge in [0.1, 0.15) is 11.9 Å². The maximum absolute atomic E-state index is 13.5. The van der Waals surface area contributed by atoms with Gasteiger partial charge in [-0.05, 0) is 52.4 Å². The maximum Gasteiger partial charge on any atom is 0.320 e. The zero-order valence-electron chi connectivity index (χ0n) is 10.7. The SMILES string of the molecule is CCCC(NC1CCc2c1ccc(F)c2Br)C(=O)O. The van der Waals surface area contributed by atoms with Crippen LogP contribution in [0.5, 0.6) is 0 Å². The summed E-state index contributed by atoms with van der Waals surface area (Å²) < 4.78 is 14.0. The Morgan fingerprint density at radius 3 is 3.00 bits per heavy atom. The van der Waals surface area contributed by atoms with Crippen molar-refractivity contribution in [2.24, 2.45) is 0 Å². The smallest absolute Gasteiger partial charge is 0.320 e. The molecule has 0 saturated carbocycles. The molecular formula is C14H17BrFNO2. The number of fused-ring (bicyclic) bond motifs is 1. The molecule has 0 aliphatic heterocycles. The summed E-state index contributed by atoms with van der Waals surface area (Å²) in [5, 5.41) is 12.4. The van der Waals surface area contributed by atoms with Crippen molar-refractivity contribution in [1.29, 1.82) is 0 Å². The molecule has 5 heteroatoms. The second-order valence-electron chi connectivity index (χ2n) is 4.87. The van der Waals surface area contributed by atoms with E-state index < -0.39 is 12.0 Å². The highest BCUT2D eigenvalue weighted by Gasteiger charge is 2.29. The Labute approximate surface area is 120 Å². The number of hydrogen-bond donors (Lipinski definition) is 2. The molecule has 3 nitrogen and oxygen atoms in total. The van der Waals surface area contributed by atoms with Gasteiger partial charge in [-0.1, -0.05) is 19.4 Å². The fourth-order valence-corrected chi connectivity index (χ4v) is 3.17. The maximum atomic E-state index is 13.5. The number of aliphatic carboxylic acids is 1. The minimum absolute atomic E-state index is 0.000417. The van der Waals surface area contributed by atoms with Crippen molar-refractivity contribution >= 4 is 21.9 Å². The van der Waals surface area contributed by atoms with Gasteiger partial charge in [0.2, 0.25) is 0 Å². The predicted octanol–water partition coefficient (Wildman–Crippen LogP) is 3.42. The Bertz CT molecular complexity index is 493. The molecule has 0 saturated heterocycles. The minimum atomic E-state index is -0.823. The highest BCUT2D eigenvalue weighted by Crippen LogP contribution is 2.37. The number of carbonyl (C=O) groups is 1. The second-order valence-corrected chi connectivity index (χ2v) is 5.66. The van der Waals surface area contributed by atoms with Crippen LogP contribution < -0.4 is 5.32 Å². The van der Waals surface area contributed by atoms with Gasteiger partial charge in [-0.25, -0.2) is 4.39 Å². The van der Waals surface area contributed by atoms with Gasteiger partial charge >= 0.3 is 5.97 Å². The van der Waals surface area contributed by atoms with Gasteiger partial charge in [0.25, 0.3) is 0 Å². The molecule has 2 unspecified atom stereocenters. The molecule has 19 heavy (non-hydrogen) atoms. The Kier molecular flexibility index (Phi) is 4.58. The third-order valence-electron chi connectivity index (χ3n) is 3.57. The third-order valence-corrected chi connectivity index (χ3v) is 4.43. The molecule has 104 valence electrons. The van der Waals surface area contributed by atoms with Crippen LogP contribution in [0.15, 0.2) is 16.6 Å². The summed E-state index contributed by atoms with van der Waals surface area (Å²) in [5.41, 5.74) is 1.97. The van der Waals surface area contributed by atoms with Gasteiger partial charge in [0.15, 0.2) is 0 Å². The summed E-state index contributed by atoms with van der Waals surface area (Å²) in [4.78, 5) is 11.2. The third kappa shape index (κ3) is 2.98. The van der Waals surface area contributed by atoms with Gasteiger partial charge in [0, 0.05) is 6.04 Å². The Morgan fingerprint density at radius 2 is 2.37 bits per heavy atom. The number of hydrogen-bond acceptors (Lipinski definition) is 2. The number of carboxylic acid groups (broad SMARTS) is 1. The predicted molar refractivity (Wildman–Crippen MR) is 74.6 cm³/mol. The minimum Gasteiger partial charge on any atom is -0.480 e. The lowest BCUT2D eigenvalue weighted by atomic mass is 10.1.